The van der Waals surface area contributed by atoms with Crippen molar-refractivity contribution in [1.82, 2.24) is 5.32 Å². The van der Waals surface area contributed by atoms with Gasteiger partial charge in [0.1, 0.15) is 5.75 Å². The van der Waals surface area contributed by atoms with Gasteiger partial charge in [0.25, 0.3) is 0 Å². The summed E-state index contributed by atoms with van der Waals surface area (Å²) in [5, 5.41) is 3.60. The molecule has 118 valence electrons. The van der Waals surface area contributed by atoms with Crippen molar-refractivity contribution in [3.05, 3.63) is 29.8 Å². The zero-order valence-corrected chi connectivity index (χ0v) is 13.1. The second kappa shape index (κ2) is 9.03. The SMILES string of the molecule is CCCNC(CCc1ccc(OC)cc1)CC1OCCO1. The van der Waals surface area contributed by atoms with Crippen LogP contribution >= 0.6 is 0 Å². The highest BCUT2D eigenvalue weighted by atomic mass is 16.7. The van der Waals surface area contributed by atoms with Crippen LogP contribution in [0, 0.1) is 0 Å². The Morgan fingerprint density at radius 3 is 2.57 bits per heavy atom. The molecular weight excluding hydrogens is 266 g/mol. The molecule has 0 radical (unpaired) electrons. The number of hydrogen-bond acceptors (Lipinski definition) is 4. The Hall–Kier alpha value is -1.10. The molecule has 0 aromatic heterocycles. The Morgan fingerprint density at radius 2 is 1.95 bits per heavy atom. The fraction of sp³-hybridized carbons (Fsp3) is 0.647. The van der Waals surface area contributed by atoms with Gasteiger partial charge < -0.3 is 19.5 Å². The minimum atomic E-state index is -0.0322. The summed E-state index contributed by atoms with van der Waals surface area (Å²) < 4.78 is 16.3. The lowest BCUT2D eigenvalue weighted by Crippen LogP contribution is -2.34. The molecule has 1 saturated heterocycles. The van der Waals surface area contributed by atoms with E-state index in [-0.39, 0.29) is 6.29 Å². The summed E-state index contributed by atoms with van der Waals surface area (Å²) in [6, 6.07) is 8.76. The van der Waals surface area contributed by atoms with E-state index in [0.29, 0.717) is 6.04 Å². The molecule has 21 heavy (non-hydrogen) atoms. The first-order chi connectivity index (χ1) is 10.3. The quantitative estimate of drug-likeness (QED) is 0.760. The second-order valence-electron chi connectivity index (χ2n) is 5.44. The van der Waals surface area contributed by atoms with Gasteiger partial charge in [0.05, 0.1) is 20.3 Å². The number of hydrogen-bond donors (Lipinski definition) is 1. The Kier molecular flexibility index (Phi) is 7.00. The summed E-state index contributed by atoms with van der Waals surface area (Å²) >= 11 is 0. The molecule has 0 amide bonds. The predicted molar refractivity (Wildman–Crippen MR) is 83.7 cm³/mol. The van der Waals surface area contributed by atoms with E-state index in [1.165, 1.54) is 5.56 Å². The Bertz CT molecular complexity index is 388. The van der Waals surface area contributed by atoms with E-state index in [0.717, 1.165) is 51.2 Å². The minimum absolute atomic E-state index is 0.0322. The zero-order chi connectivity index (χ0) is 14.9. The molecule has 1 aliphatic rings. The van der Waals surface area contributed by atoms with Crippen molar-refractivity contribution < 1.29 is 14.2 Å². The number of methoxy groups -OCH3 is 1. The molecule has 1 unspecified atom stereocenters. The highest BCUT2D eigenvalue weighted by Crippen LogP contribution is 2.17. The van der Waals surface area contributed by atoms with E-state index < -0.39 is 0 Å². The van der Waals surface area contributed by atoms with Crippen molar-refractivity contribution in [3.8, 4) is 5.75 Å². The van der Waals surface area contributed by atoms with Crippen LogP contribution in [0.1, 0.15) is 31.7 Å². The van der Waals surface area contributed by atoms with Crippen LogP contribution in [-0.4, -0.2) is 39.2 Å². The molecule has 0 bridgehead atoms. The topological polar surface area (TPSA) is 39.7 Å². The smallest absolute Gasteiger partial charge is 0.159 e. The van der Waals surface area contributed by atoms with E-state index in [9.17, 15) is 0 Å². The maximum absolute atomic E-state index is 5.57. The van der Waals surface area contributed by atoms with E-state index in [1.54, 1.807) is 7.11 Å². The van der Waals surface area contributed by atoms with E-state index in [4.69, 9.17) is 14.2 Å². The number of aryl methyl sites for hydroxylation is 1. The Morgan fingerprint density at radius 1 is 1.24 bits per heavy atom. The van der Waals surface area contributed by atoms with Gasteiger partial charge in [-0.3, -0.25) is 0 Å². The van der Waals surface area contributed by atoms with Crippen LogP contribution < -0.4 is 10.1 Å². The van der Waals surface area contributed by atoms with Crippen molar-refractivity contribution >= 4 is 0 Å². The molecule has 0 spiro atoms. The van der Waals surface area contributed by atoms with E-state index >= 15 is 0 Å². The van der Waals surface area contributed by atoms with Gasteiger partial charge >= 0.3 is 0 Å². The maximum atomic E-state index is 5.57. The van der Waals surface area contributed by atoms with Crippen molar-refractivity contribution in [1.29, 1.82) is 0 Å². The van der Waals surface area contributed by atoms with Crippen LogP contribution in [0.25, 0.3) is 0 Å². The third-order valence-electron chi connectivity index (χ3n) is 3.79. The molecule has 0 saturated carbocycles. The average Bonchev–Trinajstić information content (AvgIpc) is 3.03. The summed E-state index contributed by atoms with van der Waals surface area (Å²) in [7, 11) is 1.70. The molecule has 1 aliphatic heterocycles. The normalized spacial score (nSPS) is 17.0. The number of nitrogens with one attached hydrogen (secondary N) is 1. The van der Waals surface area contributed by atoms with Crippen LogP contribution in [0.4, 0.5) is 0 Å². The molecule has 0 aliphatic carbocycles. The Balaban J connectivity index is 1.81. The third-order valence-corrected chi connectivity index (χ3v) is 3.79. The minimum Gasteiger partial charge on any atom is -0.497 e. The number of rotatable bonds is 9. The second-order valence-corrected chi connectivity index (χ2v) is 5.44. The third kappa shape index (κ3) is 5.65. The van der Waals surface area contributed by atoms with Gasteiger partial charge in [-0.1, -0.05) is 19.1 Å². The van der Waals surface area contributed by atoms with Gasteiger partial charge in [-0.25, -0.2) is 0 Å². The Labute approximate surface area is 127 Å². The van der Waals surface area contributed by atoms with Gasteiger partial charge in [0.15, 0.2) is 6.29 Å². The summed E-state index contributed by atoms with van der Waals surface area (Å²) in [4.78, 5) is 0. The summed E-state index contributed by atoms with van der Waals surface area (Å²) in [5.41, 5.74) is 1.34. The summed E-state index contributed by atoms with van der Waals surface area (Å²) in [6.07, 6.45) is 4.19. The average molecular weight is 293 g/mol. The monoisotopic (exact) mass is 293 g/mol. The lowest BCUT2D eigenvalue weighted by molar-refractivity contribution is -0.0531. The number of ether oxygens (including phenoxy) is 3. The van der Waals surface area contributed by atoms with Gasteiger partial charge in [-0.2, -0.15) is 0 Å². The molecule has 4 heteroatoms. The van der Waals surface area contributed by atoms with Crippen LogP contribution in [0.3, 0.4) is 0 Å². The summed E-state index contributed by atoms with van der Waals surface area (Å²) in [6.45, 7) is 4.68. The molecule has 1 heterocycles. The molecule has 1 N–H and O–H groups in total. The fourth-order valence-corrected chi connectivity index (χ4v) is 2.56. The standard InChI is InChI=1S/C17H27NO3/c1-3-10-18-15(13-17-20-11-12-21-17)7-4-14-5-8-16(19-2)9-6-14/h5-6,8-9,15,17-18H,3-4,7,10-13H2,1-2H3. The van der Waals surface area contributed by atoms with Crippen molar-refractivity contribution in [2.45, 2.75) is 44.9 Å². The van der Waals surface area contributed by atoms with E-state index in [1.807, 2.05) is 12.1 Å². The van der Waals surface area contributed by atoms with Gasteiger partial charge in [0.2, 0.25) is 0 Å². The largest absolute Gasteiger partial charge is 0.497 e. The van der Waals surface area contributed by atoms with Crippen LogP contribution in [0.5, 0.6) is 5.75 Å². The highest BCUT2D eigenvalue weighted by molar-refractivity contribution is 5.27. The molecule has 4 nitrogen and oxygen atoms in total. The van der Waals surface area contributed by atoms with E-state index in [2.05, 4.69) is 24.4 Å². The highest BCUT2D eigenvalue weighted by Gasteiger charge is 2.20. The first-order valence-corrected chi connectivity index (χ1v) is 7.91. The lowest BCUT2D eigenvalue weighted by atomic mass is 10.0. The number of benzene rings is 1. The molecule has 1 atom stereocenters. The van der Waals surface area contributed by atoms with Crippen molar-refractivity contribution in [2.75, 3.05) is 26.9 Å². The van der Waals surface area contributed by atoms with Crippen molar-refractivity contribution in [3.63, 3.8) is 0 Å². The van der Waals surface area contributed by atoms with Crippen LogP contribution in [0.2, 0.25) is 0 Å². The predicted octanol–water partition coefficient (Wildman–Crippen LogP) is 2.76. The fourth-order valence-electron chi connectivity index (χ4n) is 2.56. The van der Waals surface area contributed by atoms with Crippen molar-refractivity contribution in [2.24, 2.45) is 0 Å². The molecule has 2 rings (SSSR count). The summed E-state index contributed by atoms with van der Waals surface area (Å²) in [5.74, 6) is 0.909. The molecule has 1 fully saturated rings. The molecular formula is C17H27NO3. The molecule has 1 aromatic carbocycles. The van der Waals surface area contributed by atoms with Gasteiger partial charge in [0, 0.05) is 12.5 Å². The first kappa shape index (κ1) is 16.3. The molecule has 1 aromatic rings. The van der Waals surface area contributed by atoms with Gasteiger partial charge in [-0.05, 0) is 43.5 Å². The zero-order valence-electron chi connectivity index (χ0n) is 13.1. The lowest BCUT2D eigenvalue weighted by Gasteiger charge is -2.21. The van der Waals surface area contributed by atoms with Gasteiger partial charge in [-0.15, -0.1) is 0 Å². The van der Waals surface area contributed by atoms with Crippen LogP contribution in [0.15, 0.2) is 24.3 Å². The maximum Gasteiger partial charge on any atom is 0.159 e. The first-order valence-electron chi connectivity index (χ1n) is 7.91. The van der Waals surface area contributed by atoms with Crippen LogP contribution in [-0.2, 0) is 15.9 Å².